The first kappa shape index (κ1) is 19.6. The highest BCUT2D eigenvalue weighted by molar-refractivity contribution is 6.42. The summed E-state index contributed by atoms with van der Waals surface area (Å²) < 4.78 is 9.31. The Kier molecular flexibility index (Phi) is 6.43. The number of ether oxygens (including phenoxy) is 2. The molecular formula is C17H14Cl2N2O5. The summed E-state index contributed by atoms with van der Waals surface area (Å²) in [6, 6.07) is 7.95. The lowest BCUT2D eigenvalue weighted by Gasteiger charge is -2.12. The summed E-state index contributed by atoms with van der Waals surface area (Å²) in [5.41, 5.74) is 0.701. The van der Waals surface area contributed by atoms with Crippen molar-refractivity contribution in [1.82, 2.24) is 0 Å². The smallest absolute Gasteiger partial charge is 0.339 e. The maximum absolute atomic E-state index is 12.2. The summed E-state index contributed by atoms with van der Waals surface area (Å²) in [4.78, 5) is 35.8. The van der Waals surface area contributed by atoms with Gasteiger partial charge >= 0.3 is 18.0 Å². The van der Waals surface area contributed by atoms with Gasteiger partial charge in [-0.05, 0) is 36.4 Å². The van der Waals surface area contributed by atoms with E-state index in [0.29, 0.717) is 10.7 Å². The molecule has 136 valence electrons. The standard InChI is InChI=1S/C17H14Cl2N2O5/c1-25-15(22)9-3-5-11(16(23)26-2)14(7-9)21-17(24)20-10-4-6-12(18)13(19)8-10/h3-8H,1-2H3,(H2,20,21,24). The monoisotopic (exact) mass is 396 g/mol. The van der Waals surface area contributed by atoms with Crippen LogP contribution in [-0.2, 0) is 9.47 Å². The van der Waals surface area contributed by atoms with Gasteiger partial charge in [0.2, 0.25) is 0 Å². The van der Waals surface area contributed by atoms with Crippen LogP contribution in [0.3, 0.4) is 0 Å². The minimum absolute atomic E-state index is 0.0736. The third kappa shape index (κ3) is 4.65. The topological polar surface area (TPSA) is 93.7 Å². The van der Waals surface area contributed by atoms with Crippen LogP contribution in [0, 0.1) is 0 Å². The van der Waals surface area contributed by atoms with E-state index >= 15 is 0 Å². The Hall–Kier alpha value is -2.77. The number of carbonyl (C=O) groups excluding carboxylic acids is 3. The van der Waals surface area contributed by atoms with Gasteiger partial charge in [0, 0.05) is 5.69 Å². The summed E-state index contributed by atoms with van der Waals surface area (Å²) in [7, 11) is 2.43. The van der Waals surface area contributed by atoms with Gasteiger partial charge in [0.05, 0.1) is 41.1 Å². The molecule has 0 saturated heterocycles. The van der Waals surface area contributed by atoms with Crippen LogP contribution in [0.1, 0.15) is 20.7 Å². The maximum Gasteiger partial charge on any atom is 0.339 e. The number of methoxy groups -OCH3 is 2. The number of carbonyl (C=O) groups is 3. The summed E-state index contributed by atoms with van der Waals surface area (Å²) in [5, 5.41) is 5.65. The molecule has 0 aliphatic carbocycles. The van der Waals surface area contributed by atoms with E-state index in [1.165, 1.54) is 44.6 Å². The fraction of sp³-hybridized carbons (Fsp3) is 0.118. The zero-order chi connectivity index (χ0) is 19.3. The van der Waals surface area contributed by atoms with E-state index in [1.807, 2.05) is 0 Å². The van der Waals surface area contributed by atoms with Crippen LogP contribution >= 0.6 is 23.2 Å². The Morgan fingerprint density at radius 1 is 0.846 bits per heavy atom. The minimum atomic E-state index is -0.675. The maximum atomic E-state index is 12.2. The molecule has 0 heterocycles. The van der Waals surface area contributed by atoms with Gasteiger partial charge in [-0.1, -0.05) is 23.2 Å². The SMILES string of the molecule is COC(=O)c1ccc(C(=O)OC)c(NC(=O)Nc2ccc(Cl)c(Cl)c2)c1. The predicted molar refractivity (Wildman–Crippen MR) is 98.2 cm³/mol. The molecule has 0 bridgehead atoms. The number of nitrogens with one attached hydrogen (secondary N) is 2. The quantitative estimate of drug-likeness (QED) is 0.754. The van der Waals surface area contributed by atoms with Gasteiger partial charge in [0.1, 0.15) is 0 Å². The van der Waals surface area contributed by atoms with Gasteiger partial charge in [-0.3, -0.25) is 0 Å². The predicted octanol–water partition coefficient (Wildman–Crippen LogP) is 4.21. The minimum Gasteiger partial charge on any atom is -0.465 e. The van der Waals surface area contributed by atoms with Gasteiger partial charge in [-0.25, -0.2) is 14.4 Å². The molecule has 0 aliphatic heterocycles. The van der Waals surface area contributed by atoms with E-state index in [1.54, 1.807) is 6.07 Å². The number of benzene rings is 2. The largest absolute Gasteiger partial charge is 0.465 e. The summed E-state index contributed by atoms with van der Waals surface area (Å²) in [6.45, 7) is 0. The van der Waals surface area contributed by atoms with E-state index in [2.05, 4.69) is 20.1 Å². The molecule has 2 amide bonds. The van der Waals surface area contributed by atoms with E-state index in [-0.39, 0.29) is 21.8 Å². The molecule has 0 radical (unpaired) electrons. The third-order valence-corrected chi connectivity index (χ3v) is 4.01. The van der Waals surface area contributed by atoms with E-state index < -0.39 is 18.0 Å². The van der Waals surface area contributed by atoms with Crippen LogP contribution in [0.2, 0.25) is 10.0 Å². The fourth-order valence-corrected chi connectivity index (χ4v) is 2.34. The highest BCUT2D eigenvalue weighted by atomic mass is 35.5. The zero-order valence-electron chi connectivity index (χ0n) is 13.8. The van der Waals surface area contributed by atoms with Crippen molar-refractivity contribution in [1.29, 1.82) is 0 Å². The average Bonchev–Trinajstić information content (AvgIpc) is 2.63. The number of amides is 2. The lowest BCUT2D eigenvalue weighted by molar-refractivity contribution is 0.0587. The number of esters is 2. The normalized spacial score (nSPS) is 10.0. The molecule has 0 unspecified atom stereocenters. The summed E-state index contributed by atoms with van der Waals surface area (Å²) >= 11 is 11.7. The van der Waals surface area contributed by atoms with E-state index in [0.717, 1.165) is 0 Å². The molecule has 0 aromatic heterocycles. The van der Waals surface area contributed by atoms with Crippen LogP contribution in [0.15, 0.2) is 36.4 Å². The van der Waals surface area contributed by atoms with Crippen LogP contribution in [-0.4, -0.2) is 32.2 Å². The highest BCUT2D eigenvalue weighted by Gasteiger charge is 2.17. The van der Waals surface area contributed by atoms with Crippen molar-refractivity contribution in [3.05, 3.63) is 57.6 Å². The molecule has 0 atom stereocenters. The van der Waals surface area contributed by atoms with Crippen molar-refractivity contribution in [3.8, 4) is 0 Å². The first-order valence-electron chi connectivity index (χ1n) is 7.19. The van der Waals surface area contributed by atoms with Gasteiger partial charge in [0.25, 0.3) is 0 Å². The second-order valence-corrected chi connectivity index (χ2v) is 5.77. The number of rotatable bonds is 4. The first-order chi connectivity index (χ1) is 12.3. The van der Waals surface area contributed by atoms with Gasteiger partial charge in [-0.15, -0.1) is 0 Å². The molecule has 2 aromatic carbocycles. The highest BCUT2D eigenvalue weighted by Crippen LogP contribution is 2.25. The van der Waals surface area contributed by atoms with Crippen molar-refractivity contribution >= 4 is 52.5 Å². The molecule has 2 rings (SSSR count). The first-order valence-corrected chi connectivity index (χ1v) is 7.95. The number of hydrogen-bond donors (Lipinski definition) is 2. The van der Waals surface area contributed by atoms with Crippen LogP contribution in [0.5, 0.6) is 0 Å². The van der Waals surface area contributed by atoms with Crippen LogP contribution in [0.4, 0.5) is 16.2 Å². The molecule has 2 N–H and O–H groups in total. The van der Waals surface area contributed by atoms with Crippen molar-refractivity contribution in [2.24, 2.45) is 0 Å². The molecule has 0 fully saturated rings. The second kappa shape index (κ2) is 8.55. The molecule has 2 aromatic rings. The Balaban J connectivity index is 2.27. The number of urea groups is 1. The Labute approximate surface area is 159 Å². The molecule has 0 spiro atoms. The summed E-state index contributed by atoms with van der Waals surface area (Å²) in [6.07, 6.45) is 0. The molecule has 0 aliphatic rings. The second-order valence-electron chi connectivity index (χ2n) is 4.95. The molecule has 9 heteroatoms. The van der Waals surface area contributed by atoms with Crippen molar-refractivity contribution < 1.29 is 23.9 Å². The summed E-state index contributed by atoms with van der Waals surface area (Å²) in [5.74, 6) is -1.29. The number of halogens is 2. The van der Waals surface area contributed by atoms with Crippen molar-refractivity contribution in [2.75, 3.05) is 24.9 Å². The fourth-order valence-electron chi connectivity index (χ4n) is 2.04. The zero-order valence-corrected chi connectivity index (χ0v) is 15.3. The molecule has 7 nitrogen and oxygen atoms in total. The van der Waals surface area contributed by atoms with Gasteiger partial charge in [0.15, 0.2) is 0 Å². The van der Waals surface area contributed by atoms with E-state index in [4.69, 9.17) is 23.2 Å². The van der Waals surface area contributed by atoms with Crippen LogP contribution in [0.25, 0.3) is 0 Å². The van der Waals surface area contributed by atoms with Crippen molar-refractivity contribution in [2.45, 2.75) is 0 Å². The molecule has 26 heavy (non-hydrogen) atoms. The number of anilines is 2. The third-order valence-electron chi connectivity index (χ3n) is 3.27. The Morgan fingerprint density at radius 3 is 2.15 bits per heavy atom. The van der Waals surface area contributed by atoms with Gasteiger partial charge in [-0.2, -0.15) is 0 Å². The average molecular weight is 397 g/mol. The Bertz CT molecular complexity index is 870. The molecular weight excluding hydrogens is 383 g/mol. The van der Waals surface area contributed by atoms with Crippen molar-refractivity contribution in [3.63, 3.8) is 0 Å². The van der Waals surface area contributed by atoms with Gasteiger partial charge < -0.3 is 20.1 Å². The van der Waals surface area contributed by atoms with Crippen LogP contribution < -0.4 is 10.6 Å². The Morgan fingerprint density at radius 2 is 1.54 bits per heavy atom. The number of hydrogen-bond acceptors (Lipinski definition) is 5. The van der Waals surface area contributed by atoms with E-state index in [9.17, 15) is 14.4 Å². The lowest BCUT2D eigenvalue weighted by Crippen LogP contribution is -2.21. The lowest BCUT2D eigenvalue weighted by atomic mass is 10.1. The molecule has 0 saturated carbocycles.